The van der Waals surface area contributed by atoms with E-state index in [-0.39, 0.29) is 12.3 Å². The van der Waals surface area contributed by atoms with E-state index in [1.54, 1.807) is 6.92 Å². The highest BCUT2D eigenvalue weighted by Gasteiger charge is 2.11. The van der Waals surface area contributed by atoms with Crippen molar-refractivity contribution < 1.29 is 9.53 Å². The van der Waals surface area contributed by atoms with Crippen LogP contribution in [0, 0.1) is 0 Å². The fourth-order valence-corrected chi connectivity index (χ4v) is 1.09. The zero-order valence-electron chi connectivity index (χ0n) is 6.83. The summed E-state index contributed by atoms with van der Waals surface area (Å²) in [6.45, 7) is 1.95. The topological polar surface area (TPSA) is 72.1 Å². The summed E-state index contributed by atoms with van der Waals surface area (Å²) in [5, 5.41) is 0. The Morgan fingerprint density at radius 1 is 1.77 bits per heavy atom. The van der Waals surface area contributed by atoms with Gasteiger partial charge in [0.2, 0.25) is 0 Å². The molecular weight excluding hydrogens is 240 g/mol. The molecule has 1 heterocycles. The summed E-state index contributed by atoms with van der Waals surface area (Å²) in [7, 11) is 0. The standard InChI is InChI=1S/C7H7BrN2O3/c1-2-13-6(11)5-4(8)3-9-7(12)10-5/h3H,2H2,1H3,(H,9,10,12). The van der Waals surface area contributed by atoms with Crippen LogP contribution in [0.1, 0.15) is 17.4 Å². The summed E-state index contributed by atoms with van der Waals surface area (Å²) in [5.74, 6) is -0.575. The van der Waals surface area contributed by atoms with E-state index in [2.05, 4.69) is 25.9 Å². The molecule has 0 aliphatic rings. The third-order valence-corrected chi connectivity index (χ3v) is 1.85. The van der Waals surface area contributed by atoms with E-state index in [4.69, 9.17) is 4.74 Å². The van der Waals surface area contributed by atoms with Gasteiger partial charge in [0.15, 0.2) is 0 Å². The van der Waals surface area contributed by atoms with Crippen molar-refractivity contribution in [3.8, 4) is 0 Å². The largest absolute Gasteiger partial charge is 0.461 e. The van der Waals surface area contributed by atoms with Crippen LogP contribution in [0.2, 0.25) is 0 Å². The molecule has 6 heteroatoms. The van der Waals surface area contributed by atoms with Crippen molar-refractivity contribution in [2.75, 3.05) is 6.61 Å². The Morgan fingerprint density at radius 3 is 3.08 bits per heavy atom. The number of H-pyrrole nitrogens is 1. The molecule has 0 fully saturated rings. The minimum absolute atomic E-state index is 0.0850. The Kier molecular flexibility index (Phi) is 3.18. The first-order chi connectivity index (χ1) is 6.15. The van der Waals surface area contributed by atoms with Crippen LogP contribution in [0.5, 0.6) is 0 Å². The van der Waals surface area contributed by atoms with Gasteiger partial charge in [-0.25, -0.2) is 14.6 Å². The van der Waals surface area contributed by atoms with Gasteiger partial charge in [-0.3, -0.25) is 4.98 Å². The third-order valence-electron chi connectivity index (χ3n) is 1.25. The smallest absolute Gasteiger partial charge is 0.356 e. The fourth-order valence-electron chi connectivity index (χ4n) is 0.731. The molecule has 0 saturated carbocycles. The number of hydrogen-bond acceptors (Lipinski definition) is 4. The monoisotopic (exact) mass is 246 g/mol. The van der Waals surface area contributed by atoms with Gasteiger partial charge in [-0.15, -0.1) is 0 Å². The lowest BCUT2D eigenvalue weighted by Gasteiger charge is -2.01. The molecule has 0 aliphatic carbocycles. The maximum Gasteiger partial charge on any atom is 0.356 e. The summed E-state index contributed by atoms with van der Waals surface area (Å²) in [6.07, 6.45) is 1.26. The van der Waals surface area contributed by atoms with Crippen LogP contribution < -0.4 is 5.69 Å². The summed E-state index contributed by atoms with van der Waals surface area (Å²) in [4.78, 5) is 27.6. The second kappa shape index (κ2) is 4.18. The number of ether oxygens (including phenoxy) is 1. The van der Waals surface area contributed by atoms with Gasteiger partial charge >= 0.3 is 11.7 Å². The minimum atomic E-state index is -0.578. The van der Waals surface area contributed by atoms with Crippen LogP contribution in [-0.4, -0.2) is 22.5 Å². The van der Waals surface area contributed by atoms with Gasteiger partial charge in [0.1, 0.15) is 5.69 Å². The molecule has 0 saturated heterocycles. The zero-order chi connectivity index (χ0) is 9.84. The predicted octanol–water partition coefficient (Wildman–Crippen LogP) is 0.709. The maximum atomic E-state index is 11.2. The quantitative estimate of drug-likeness (QED) is 0.781. The van der Waals surface area contributed by atoms with Crippen LogP contribution >= 0.6 is 15.9 Å². The number of carbonyl (C=O) groups is 1. The molecule has 0 aliphatic heterocycles. The van der Waals surface area contributed by atoms with Crippen molar-refractivity contribution in [3.63, 3.8) is 0 Å². The summed E-state index contributed by atoms with van der Waals surface area (Å²) in [5.41, 5.74) is -0.492. The Bertz CT molecular complexity index is 374. The minimum Gasteiger partial charge on any atom is -0.461 e. The molecule has 0 spiro atoms. The van der Waals surface area contributed by atoms with E-state index in [1.165, 1.54) is 6.20 Å². The fraction of sp³-hybridized carbons (Fsp3) is 0.286. The van der Waals surface area contributed by atoms with Crippen LogP contribution in [-0.2, 0) is 4.74 Å². The van der Waals surface area contributed by atoms with Crippen LogP contribution in [0.3, 0.4) is 0 Å². The van der Waals surface area contributed by atoms with Crippen molar-refractivity contribution in [1.29, 1.82) is 0 Å². The van der Waals surface area contributed by atoms with Gasteiger partial charge in [-0.2, -0.15) is 0 Å². The molecule has 0 unspecified atom stereocenters. The number of hydrogen-bond donors (Lipinski definition) is 1. The number of esters is 1. The van der Waals surface area contributed by atoms with E-state index in [1.807, 2.05) is 0 Å². The molecule has 0 amide bonds. The van der Waals surface area contributed by atoms with E-state index in [0.29, 0.717) is 4.47 Å². The molecule has 0 bridgehead atoms. The number of aromatic amines is 1. The Morgan fingerprint density at radius 2 is 2.46 bits per heavy atom. The average molecular weight is 247 g/mol. The second-order valence-corrected chi connectivity index (χ2v) is 2.99. The molecule has 1 aromatic heterocycles. The molecule has 1 aromatic rings. The first-order valence-corrected chi connectivity index (χ1v) is 4.36. The maximum absolute atomic E-state index is 11.2. The average Bonchev–Trinajstić information content (AvgIpc) is 2.09. The van der Waals surface area contributed by atoms with E-state index in [0.717, 1.165) is 0 Å². The number of nitrogens with zero attached hydrogens (tertiary/aromatic N) is 1. The molecule has 0 radical (unpaired) electrons. The molecule has 5 nitrogen and oxygen atoms in total. The van der Waals surface area contributed by atoms with Gasteiger partial charge in [0, 0.05) is 6.20 Å². The second-order valence-electron chi connectivity index (χ2n) is 2.13. The number of aromatic nitrogens is 2. The van der Waals surface area contributed by atoms with Crippen LogP contribution in [0.15, 0.2) is 15.5 Å². The lowest BCUT2D eigenvalue weighted by molar-refractivity contribution is 0.0517. The van der Waals surface area contributed by atoms with Crippen molar-refractivity contribution in [2.45, 2.75) is 6.92 Å². The lowest BCUT2D eigenvalue weighted by Crippen LogP contribution is -2.17. The van der Waals surface area contributed by atoms with Gasteiger partial charge in [0.05, 0.1) is 11.1 Å². The summed E-state index contributed by atoms with van der Waals surface area (Å²) >= 11 is 3.07. The van der Waals surface area contributed by atoms with E-state index in [9.17, 15) is 9.59 Å². The third kappa shape index (κ3) is 2.38. The van der Waals surface area contributed by atoms with E-state index < -0.39 is 11.7 Å². The highest BCUT2D eigenvalue weighted by molar-refractivity contribution is 9.10. The van der Waals surface area contributed by atoms with Crippen molar-refractivity contribution in [3.05, 3.63) is 26.8 Å². The Hall–Kier alpha value is -1.17. The van der Waals surface area contributed by atoms with Gasteiger partial charge in [-0.1, -0.05) is 0 Å². The highest BCUT2D eigenvalue weighted by Crippen LogP contribution is 2.11. The lowest BCUT2D eigenvalue weighted by atomic mass is 10.4. The highest BCUT2D eigenvalue weighted by atomic mass is 79.9. The van der Waals surface area contributed by atoms with Gasteiger partial charge < -0.3 is 4.74 Å². The Labute approximate surface area is 82.3 Å². The summed E-state index contributed by atoms with van der Waals surface area (Å²) in [6, 6.07) is 0. The predicted molar refractivity (Wildman–Crippen MR) is 48.5 cm³/mol. The molecule has 0 atom stereocenters. The zero-order valence-corrected chi connectivity index (χ0v) is 8.42. The molecule has 70 valence electrons. The van der Waals surface area contributed by atoms with Crippen molar-refractivity contribution in [1.82, 2.24) is 9.97 Å². The summed E-state index contributed by atoms with van der Waals surface area (Å²) < 4.78 is 5.10. The van der Waals surface area contributed by atoms with Crippen molar-refractivity contribution >= 4 is 21.9 Å². The number of nitrogens with one attached hydrogen (secondary N) is 1. The normalized spacial score (nSPS) is 9.69. The van der Waals surface area contributed by atoms with Crippen LogP contribution in [0.25, 0.3) is 0 Å². The van der Waals surface area contributed by atoms with Crippen LogP contribution in [0.4, 0.5) is 0 Å². The SMILES string of the molecule is CCOC(=O)c1[nH]c(=O)ncc1Br. The number of rotatable bonds is 2. The van der Waals surface area contributed by atoms with Gasteiger partial charge in [0.25, 0.3) is 0 Å². The number of carbonyl (C=O) groups excluding carboxylic acids is 1. The number of halogens is 1. The van der Waals surface area contributed by atoms with Crippen molar-refractivity contribution in [2.24, 2.45) is 0 Å². The molecule has 13 heavy (non-hydrogen) atoms. The van der Waals surface area contributed by atoms with E-state index >= 15 is 0 Å². The van der Waals surface area contributed by atoms with Gasteiger partial charge in [-0.05, 0) is 22.9 Å². The molecular formula is C7H7BrN2O3. The Balaban J connectivity index is 3.06. The molecule has 1 rings (SSSR count). The molecule has 0 aromatic carbocycles. The molecule has 1 N–H and O–H groups in total. The first-order valence-electron chi connectivity index (χ1n) is 3.57. The first kappa shape index (κ1) is 9.91.